The molecule has 4 atom stereocenters. The normalized spacial score (nSPS) is 24.4. The molecule has 1 aliphatic heterocycles. The molecule has 3 heterocycles. The maximum absolute atomic E-state index is 12.2. The van der Waals surface area contributed by atoms with Gasteiger partial charge in [0.2, 0.25) is 5.91 Å². The second-order valence-electron chi connectivity index (χ2n) is 7.17. The van der Waals surface area contributed by atoms with Crippen LogP contribution in [-0.2, 0) is 29.5 Å². The van der Waals surface area contributed by atoms with Crippen molar-refractivity contribution in [3.63, 3.8) is 0 Å². The summed E-state index contributed by atoms with van der Waals surface area (Å²) in [6.45, 7) is 1.86. The lowest BCUT2D eigenvalue weighted by Crippen LogP contribution is -2.60. The topological polar surface area (TPSA) is 151 Å². The van der Waals surface area contributed by atoms with Crippen molar-refractivity contribution in [2.24, 2.45) is 7.05 Å². The van der Waals surface area contributed by atoms with Gasteiger partial charge in [-0.3, -0.25) is 23.8 Å². The van der Waals surface area contributed by atoms with Crippen LogP contribution in [0.2, 0.25) is 0 Å². The van der Waals surface area contributed by atoms with E-state index < -0.39 is 35.6 Å². The van der Waals surface area contributed by atoms with Crippen LogP contribution in [0.5, 0.6) is 0 Å². The number of nitrogens with zero attached hydrogens (tertiary/aromatic N) is 3. The van der Waals surface area contributed by atoms with Gasteiger partial charge >= 0.3 is 5.69 Å². The van der Waals surface area contributed by atoms with Crippen molar-refractivity contribution < 1.29 is 19.7 Å². The first-order valence-corrected chi connectivity index (χ1v) is 9.30. The third-order valence-corrected chi connectivity index (χ3v) is 5.21. The third kappa shape index (κ3) is 4.81. The summed E-state index contributed by atoms with van der Waals surface area (Å²) in [6.07, 6.45) is 0.300. The van der Waals surface area contributed by atoms with E-state index in [2.05, 4.69) is 15.4 Å². The number of carbonyl (C=O) groups is 1. The number of amides is 1. The predicted molar refractivity (Wildman–Crippen MR) is 101 cm³/mol. The lowest BCUT2D eigenvalue weighted by molar-refractivity contribution is -0.158. The lowest BCUT2D eigenvalue weighted by atomic mass is 9.97. The van der Waals surface area contributed by atoms with Gasteiger partial charge in [-0.15, -0.1) is 0 Å². The Morgan fingerprint density at radius 3 is 2.79 bits per heavy atom. The first-order valence-electron chi connectivity index (χ1n) is 9.30. The van der Waals surface area contributed by atoms with E-state index in [-0.39, 0.29) is 25.5 Å². The fourth-order valence-corrected chi connectivity index (χ4v) is 3.27. The second-order valence-corrected chi connectivity index (χ2v) is 7.17. The van der Waals surface area contributed by atoms with Crippen LogP contribution >= 0.6 is 0 Å². The molecular formula is C18H25N5O6. The number of rotatable bonds is 6. The molecule has 0 aliphatic carbocycles. The molecule has 1 fully saturated rings. The van der Waals surface area contributed by atoms with Gasteiger partial charge in [-0.2, -0.15) is 5.10 Å². The van der Waals surface area contributed by atoms with Gasteiger partial charge in [0.05, 0.1) is 25.4 Å². The standard InChI is InChI=1S/C18H25N5O6/c1-10-11(7-19-22(10)2)3-4-14(24)20-12-9-29-13(17(27)16(12)26)8-23-6-5-15(25)21-18(23)28/h5-7,12-13,16-17,26-27H,3-4,8-9H2,1-2H3,(H,20,24)(H,21,25,28)/t12-,13-,16+,17-/m1/s1. The molecule has 11 nitrogen and oxygen atoms in total. The Hall–Kier alpha value is -2.76. The van der Waals surface area contributed by atoms with Gasteiger partial charge in [0.25, 0.3) is 5.56 Å². The van der Waals surface area contributed by atoms with E-state index in [1.807, 2.05) is 14.0 Å². The smallest absolute Gasteiger partial charge is 0.328 e. The number of hydrogen-bond acceptors (Lipinski definition) is 7. The van der Waals surface area contributed by atoms with E-state index in [0.29, 0.717) is 6.42 Å². The first kappa shape index (κ1) is 21.0. The second kappa shape index (κ2) is 8.72. The van der Waals surface area contributed by atoms with E-state index in [4.69, 9.17) is 4.74 Å². The summed E-state index contributed by atoms with van der Waals surface area (Å²) in [5, 5.41) is 27.5. The largest absolute Gasteiger partial charge is 0.388 e. The first-order chi connectivity index (χ1) is 13.8. The number of aryl methyl sites for hydroxylation is 2. The summed E-state index contributed by atoms with van der Waals surface area (Å²) in [5.74, 6) is -0.275. The molecule has 0 spiro atoms. The van der Waals surface area contributed by atoms with Gasteiger partial charge in [0.15, 0.2) is 0 Å². The highest BCUT2D eigenvalue weighted by molar-refractivity contribution is 5.76. The molecule has 0 radical (unpaired) electrons. The monoisotopic (exact) mass is 407 g/mol. The number of aromatic amines is 1. The summed E-state index contributed by atoms with van der Waals surface area (Å²) < 4.78 is 8.47. The number of H-pyrrole nitrogens is 1. The minimum Gasteiger partial charge on any atom is -0.388 e. The average Bonchev–Trinajstić information content (AvgIpc) is 3.00. The lowest BCUT2D eigenvalue weighted by Gasteiger charge is -2.38. The van der Waals surface area contributed by atoms with Crippen molar-refractivity contribution in [3.05, 3.63) is 50.6 Å². The number of aliphatic hydroxyl groups is 2. The molecule has 1 amide bonds. The number of hydrogen-bond donors (Lipinski definition) is 4. The quantitative estimate of drug-likeness (QED) is 0.425. The van der Waals surface area contributed by atoms with E-state index in [9.17, 15) is 24.6 Å². The van der Waals surface area contributed by atoms with E-state index in [0.717, 1.165) is 11.3 Å². The highest BCUT2D eigenvalue weighted by atomic mass is 16.5. The molecule has 158 valence electrons. The molecule has 3 rings (SSSR count). The Kier molecular flexibility index (Phi) is 6.30. The number of nitrogens with one attached hydrogen (secondary N) is 2. The van der Waals surface area contributed by atoms with E-state index >= 15 is 0 Å². The van der Waals surface area contributed by atoms with Gasteiger partial charge in [-0.25, -0.2) is 4.79 Å². The molecule has 2 aromatic heterocycles. The SMILES string of the molecule is Cc1c(CCC(=O)N[C@@H]2CO[C@H](Cn3ccc(=O)[nH]c3=O)[C@@H](O)[C@H]2O)cnn1C. The molecule has 11 heteroatoms. The number of ether oxygens (including phenoxy) is 1. The Labute approximate surface area is 165 Å². The fourth-order valence-electron chi connectivity index (χ4n) is 3.27. The Bertz CT molecular complexity index is 980. The number of aromatic nitrogens is 4. The fraction of sp³-hybridized carbons (Fsp3) is 0.556. The van der Waals surface area contributed by atoms with Crippen LogP contribution in [0.3, 0.4) is 0 Å². The maximum Gasteiger partial charge on any atom is 0.328 e. The van der Waals surface area contributed by atoms with Crippen molar-refractivity contribution in [3.8, 4) is 0 Å². The van der Waals surface area contributed by atoms with Crippen LogP contribution in [0.4, 0.5) is 0 Å². The van der Waals surface area contributed by atoms with E-state index in [1.165, 1.54) is 16.8 Å². The molecule has 0 unspecified atom stereocenters. The van der Waals surface area contributed by atoms with Crippen LogP contribution < -0.4 is 16.6 Å². The van der Waals surface area contributed by atoms with Crippen molar-refractivity contribution >= 4 is 5.91 Å². The maximum atomic E-state index is 12.2. The van der Waals surface area contributed by atoms with Gasteiger partial charge in [-0.05, 0) is 18.9 Å². The molecule has 2 aromatic rings. The highest BCUT2D eigenvalue weighted by Crippen LogP contribution is 2.17. The summed E-state index contributed by atoms with van der Waals surface area (Å²) in [4.78, 5) is 37.2. The summed E-state index contributed by atoms with van der Waals surface area (Å²) >= 11 is 0. The minimum absolute atomic E-state index is 0.0152. The van der Waals surface area contributed by atoms with Gasteiger partial charge in [0, 0.05) is 31.4 Å². The van der Waals surface area contributed by atoms with Crippen LogP contribution in [0.1, 0.15) is 17.7 Å². The van der Waals surface area contributed by atoms with Crippen molar-refractivity contribution in [2.45, 2.75) is 50.7 Å². The molecule has 1 aliphatic rings. The number of aliphatic hydroxyl groups excluding tert-OH is 2. The zero-order valence-electron chi connectivity index (χ0n) is 16.2. The molecule has 0 aromatic carbocycles. The van der Waals surface area contributed by atoms with Gasteiger partial charge in [-0.1, -0.05) is 0 Å². The van der Waals surface area contributed by atoms with Crippen LogP contribution in [0, 0.1) is 6.92 Å². The van der Waals surface area contributed by atoms with Gasteiger partial charge < -0.3 is 20.3 Å². The summed E-state index contributed by atoms with van der Waals surface area (Å²) in [7, 11) is 1.83. The molecule has 4 N–H and O–H groups in total. The molecule has 0 bridgehead atoms. The van der Waals surface area contributed by atoms with Gasteiger partial charge in [0.1, 0.15) is 18.3 Å². The zero-order valence-corrected chi connectivity index (χ0v) is 16.2. The Morgan fingerprint density at radius 2 is 2.14 bits per heavy atom. The van der Waals surface area contributed by atoms with Crippen molar-refractivity contribution in [1.29, 1.82) is 0 Å². The number of carbonyl (C=O) groups excluding carboxylic acids is 1. The average molecular weight is 407 g/mol. The molecule has 1 saturated heterocycles. The predicted octanol–water partition coefficient (Wildman–Crippen LogP) is -2.18. The Morgan fingerprint density at radius 1 is 1.38 bits per heavy atom. The van der Waals surface area contributed by atoms with Crippen molar-refractivity contribution in [2.75, 3.05) is 6.61 Å². The van der Waals surface area contributed by atoms with Crippen LogP contribution in [0.15, 0.2) is 28.0 Å². The molecular weight excluding hydrogens is 382 g/mol. The van der Waals surface area contributed by atoms with Crippen LogP contribution in [-0.4, -0.2) is 66.4 Å². The summed E-state index contributed by atoms with van der Waals surface area (Å²) in [5.41, 5.74) is 0.786. The molecule has 0 saturated carbocycles. The minimum atomic E-state index is -1.31. The Balaban J connectivity index is 1.54. The van der Waals surface area contributed by atoms with Crippen LogP contribution in [0.25, 0.3) is 0 Å². The van der Waals surface area contributed by atoms with E-state index in [1.54, 1.807) is 10.9 Å². The zero-order chi connectivity index (χ0) is 21.1. The third-order valence-electron chi connectivity index (χ3n) is 5.21. The molecule has 29 heavy (non-hydrogen) atoms. The highest BCUT2D eigenvalue weighted by Gasteiger charge is 2.39. The van der Waals surface area contributed by atoms with Crippen molar-refractivity contribution in [1.82, 2.24) is 24.6 Å². The summed E-state index contributed by atoms with van der Waals surface area (Å²) in [6, 6.07) is 0.413.